The van der Waals surface area contributed by atoms with Crippen LogP contribution in [-0.2, 0) is 32.7 Å². The maximum Gasteiger partial charge on any atom is 0.264 e. The van der Waals surface area contributed by atoms with Gasteiger partial charge in [0.1, 0.15) is 12.3 Å². The van der Waals surface area contributed by atoms with Gasteiger partial charge in [-0.25, -0.2) is 8.42 Å². The quantitative estimate of drug-likeness (QED) is 0.402. The molecule has 3 aromatic rings. The second kappa shape index (κ2) is 11.9. The van der Waals surface area contributed by atoms with Gasteiger partial charge in [-0.05, 0) is 54.8 Å². The standard InChI is InChI=1S/C28H30ClN3O5S/c1-20-5-12-24(13-6-20)38(35,36)32(23-11-14-26(37-2)25(29)16-23)19-27(33)30-17-21-7-9-22(10-8-21)18-31-15-3-4-28(31)34/h5-14,16H,3-4,15,17-19H2,1-2H3,(H,30,33). The van der Waals surface area contributed by atoms with E-state index in [1.807, 2.05) is 36.1 Å². The molecule has 0 radical (unpaired) electrons. The van der Waals surface area contributed by atoms with Gasteiger partial charge in [-0.3, -0.25) is 13.9 Å². The molecule has 1 fully saturated rings. The molecule has 10 heteroatoms. The summed E-state index contributed by atoms with van der Waals surface area (Å²) in [4.78, 5) is 26.7. The predicted molar refractivity (Wildman–Crippen MR) is 147 cm³/mol. The van der Waals surface area contributed by atoms with Crippen molar-refractivity contribution in [1.82, 2.24) is 10.2 Å². The van der Waals surface area contributed by atoms with E-state index in [4.69, 9.17) is 16.3 Å². The first-order valence-corrected chi connectivity index (χ1v) is 14.0. The van der Waals surface area contributed by atoms with E-state index in [0.29, 0.717) is 18.7 Å². The van der Waals surface area contributed by atoms with E-state index in [9.17, 15) is 18.0 Å². The van der Waals surface area contributed by atoms with E-state index < -0.39 is 22.5 Å². The van der Waals surface area contributed by atoms with Crippen LogP contribution in [0.25, 0.3) is 0 Å². The summed E-state index contributed by atoms with van der Waals surface area (Å²) in [6.45, 7) is 3.00. The molecule has 0 aliphatic carbocycles. The molecule has 38 heavy (non-hydrogen) atoms. The molecule has 1 aliphatic rings. The number of sulfonamides is 1. The Morgan fingerprint density at radius 2 is 1.74 bits per heavy atom. The van der Waals surface area contributed by atoms with Crippen molar-refractivity contribution < 1.29 is 22.7 Å². The number of anilines is 1. The lowest BCUT2D eigenvalue weighted by molar-refractivity contribution is -0.128. The summed E-state index contributed by atoms with van der Waals surface area (Å²) >= 11 is 6.27. The molecule has 0 spiro atoms. The lowest BCUT2D eigenvalue weighted by Crippen LogP contribution is -2.40. The molecule has 2 amide bonds. The van der Waals surface area contributed by atoms with Gasteiger partial charge in [0.2, 0.25) is 11.8 Å². The lowest BCUT2D eigenvalue weighted by Gasteiger charge is -2.24. The Morgan fingerprint density at radius 1 is 1.05 bits per heavy atom. The Labute approximate surface area is 228 Å². The van der Waals surface area contributed by atoms with Gasteiger partial charge >= 0.3 is 0 Å². The number of aryl methyl sites for hydroxylation is 1. The SMILES string of the molecule is COc1ccc(N(CC(=O)NCc2ccc(CN3CCCC3=O)cc2)S(=O)(=O)c2ccc(C)cc2)cc1Cl. The van der Waals surface area contributed by atoms with Gasteiger partial charge in [-0.2, -0.15) is 0 Å². The Balaban J connectivity index is 1.48. The number of carbonyl (C=O) groups excluding carboxylic acids is 2. The molecule has 3 aromatic carbocycles. The number of nitrogens with zero attached hydrogens (tertiary/aromatic N) is 2. The number of methoxy groups -OCH3 is 1. The van der Waals surface area contributed by atoms with E-state index in [1.165, 1.54) is 25.3 Å². The van der Waals surface area contributed by atoms with E-state index in [0.717, 1.165) is 34.0 Å². The van der Waals surface area contributed by atoms with Crippen molar-refractivity contribution in [3.05, 3.63) is 88.4 Å². The van der Waals surface area contributed by atoms with Crippen LogP contribution in [0.4, 0.5) is 5.69 Å². The molecule has 200 valence electrons. The number of ether oxygens (including phenoxy) is 1. The van der Waals surface area contributed by atoms with Crippen LogP contribution in [-0.4, -0.2) is 45.3 Å². The zero-order chi connectivity index (χ0) is 27.3. The third-order valence-electron chi connectivity index (χ3n) is 6.38. The fourth-order valence-electron chi connectivity index (χ4n) is 4.20. The van der Waals surface area contributed by atoms with Gasteiger partial charge in [-0.15, -0.1) is 0 Å². The molecule has 8 nitrogen and oxygen atoms in total. The summed E-state index contributed by atoms with van der Waals surface area (Å²) in [6.07, 6.45) is 1.49. The third kappa shape index (κ3) is 6.46. The number of halogens is 1. The largest absolute Gasteiger partial charge is 0.495 e. The molecule has 1 aliphatic heterocycles. The zero-order valence-electron chi connectivity index (χ0n) is 21.3. The fraction of sp³-hybridized carbons (Fsp3) is 0.286. The number of likely N-dealkylation sites (tertiary alicyclic amines) is 1. The molecule has 0 saturated carbocycles. The van der Waals surface area contributed by atoms with Crippen molar-refractivity contribution in [2.45, 2.75) is 37.8 Å². The summed E-state index contributed by atoms with van der Waals surface area (Å²) < 4.78 is 33.4. The Morgan fingerprint density at radius 3 is 2.34 bits per heavy atom. The van der Waals surface area contributed by atoms with E-state index >= 15 is 0 Å². The molecule has 1 N–H and O–H groups in total. The van der Waals surface area contributed by atoms with E-state index in [1.54, 1.807) is 24.3 Å². The van der Waals surface area contributed by atoms with Crippen LogP contribution in [0.1, 0.15) is 29.5 Å². The predicted octanol–water partition coefficient (Wildman–Crippen LogP) is 4.29. The molecule has 0 bridgehead atoms. The number of nitrogens with one attached hydrogen (secondary N) is 1. The maximum atomic E-state index is 13.6. The Hall–Kier alpha value is -3.56. The summed E-state index contributed by atoms with van der Waals surface area (Å²) in [5.74, 6) is 0.0918. The highest BCUT2D eigenvalue weighted by molar-refractivity contribution is 7.92. The van der Waals surface area contributed by atoms with Gasteiger partial charge in [0.05, 0.1) is 22.7 Å². The number of benzene rings is 3. The van der Waals surface area contributed by atoms with Gasteiger partial charge < -0.3 is 15.0 Å². The molecule has 0 aromatic heterocycles. The number of carbonyl (C=O) groups is 2. The minimum atomic E-state index is -4.07. The van der Waals surface area contributed by atoms with Gasteiger partial charge in [0, 0.05) is 26.1 Å². The van der Waals surface area contributed by atoms with Crippen LogP contribution >= 0.6 is 11.6 Å². The minimum Gasteiger partial charge on any atom is -0.495 e. The van der Waals surface area contributed by atoms with Crippen molar-refractivity contribution >= 4 is 39.1 Å². The second-order valence-corrected chi connectivity index (χ2v) is 11.4. The first-order valence-electron chi connectivity index (χ1n) is 12.2. The van der Waals surface area contributed by atoms with E-state index in [2.05, 4.69) is 5.32 Å². The normalized spacial score (nSPS) is 13.4. The number of rotatable bonds is 10. The van der Waals surface area contributed by atoms with Crippen LogP contribution in [0.3, 0.4) is 0 Å². The fourth-order valence-corrected chi connectivity index (χ4v) is 5.87. The third-order valence-corrected chi connectivity index (χ3v) is 8.46. The smallest absolute Gasteiger partial charge is 0.264 e. The average molecular weight is 556 g/mol. The maximum absolute atomic E-state index is 13.6. The first kappa shape index (κ1) is 27.5. The lowest BCUT2D eigenvalue weighted by atomic mass is 10.1. The first-order chi connectivity index (χ1) is 18.2. The summed E-state index contributed by atoms with van der Waals surface area (Å²) in [6, 6.07) is 18.6. The molecule has 0 atom stereocenters. The van der Waals surface area contributed by atoms with Crippen LogP contribution in [0.15, 0.2) is 71.6 Å². The van der Waals surface area contributed by atoms with Crippen molar-refractivity contribution in [1.29, 1.82) is 0 Å². The molecular formula is C28H30ClN3O5S. The summed E-state index contributed by atoms with van der Waals surface area (Å²) in [7, 11) is -2.60. The second-order valence-electron chi connectivity index (χ2n) is 9.16. The monoisotopic (exact) mass is 555 g/mol. The van der Waals surface area contributed by atoms with Gasteiger partial charge in [0.25, 0.3) is 10.0 Å². The van der Waals surface area contributed by atoms with Crippen LogP contribution < -0.4 is 14.4 Å². The number of amides is 2. The van der Waals surface area contributed by atoms with Crippen LogP contribution in [0.2, 0.25) is 5.02 Å². The number of hydrogen-bond donors (Lipinski definition) is 1. The molecular weight excluding hydrogens is 526 g/mol. The van der Waals surface area contributed by atoms with E-state index in [-0.39, 0.29) is 28.1 Å². The minimum absolute atomic E-state index is 0.0647. The summed E-state index contributed by atoms with van der Waals surface area (Å²) in [5, 5.41) is 3.03. The molecule has 1 saturated heterocycles. The van der Waals surface area contributed by atoms with Gasteiger partial charge in [0.15, 0.2) is 0 Å². The van der Waals surface area contributed by atoms with Crippen molar-refractivity contribution in [2.75, 3.05) is 24.5 Å². The Bertz CT molecular complexity index is 1410. The highest BCUT2D eigenvalue weighted by Crippen LogP contribution is 2.32. The van der Waals surface area contributed by atoms with Gasteiger partial charge in [-0.1, -0.05) is 53.6 Å². The van der Waals surface area contributed by atoms with Crippen molar-refractivity contribution in [3.63, 3.8) is 0 Å². The Kier molecular flexibility index (Phi) is 8.58. The van der Waals surface area contributed by atoms with Crippen molar-refractivity contribution in [2.24, 2.45) is 0 Å². The number of hydrogen-bond acceptors (Lipinski definition) is 5. The van der Waals surface area contributed by atoms with Crippen molar-refractivity contribution in [3.8, 4) is 5.75 Å². The average Bonchev–Trinajstić information content (AvgIpc) is 3.31. The topological polar surface area (TPSA) is 96.0 Å². The zero-order valence-corrected chi connectivity index (χ0v) is 22.9. The summed E-state index contributed by atoms with van der Waals surface area (Å²) in [5.41, 5.74) is 3.03. The highest BCUT2D eigenvalue weighted by atomic mass is 35.5. The molecule has 0 unspecified atom stereocenters. The molecule has 4 rings (SSSR count). The molecule has 1 heterocycles. The highest BCUT2D eigenvalue weighted by Gasteiger charge is 2.28. The van der Waals surface area contributed by atoms with Crippen LogP contribution in [0, 0.1) is 6.92 Å². The van der Waals surface area contributed by atoms with Crippen LogP contribution in [0.5, 0.6) is 5.75 Å².